The van der Waals surface area contributed by atoms with E-state index in [2.05, 4.69) is 10.1 Å². The molecule has 0 aliphatic rings. The van der Waals surface area contributed by atoms with Gasteiger partial charge in [0.15, 0.2) is 5.17 Å². The molecule has 1 aromatic rings. The quantitative estimate of drug-likeness (QED) is 0.337. The van der Waals surface area contributed by atoms with E-state index in [0.717, 1.165) is 5.56 Å². The van der Waals surface area contributed by atoms with Gasteiger partial charge in [0.2, 0.25) is 0 Å². The molecule has 4 nitrogen and oxygen atoms in total. The smallest absolute Gasteiger partial charge is 0.177 e. The number of aromatic nitrogens is 1. The van der Waals surface area contributed by atoms with Crippen molar-refractivity contribution in [1.29, 1.82) is 0 Å². The zero-order chi connectivity index (χ0) is 9.68. The molecule has 0 atom stereocenters. The van der Waals surface area contributed by atoms with Crippen LogP contribution in [-0.4, -0.2) is 10.2 Å². The van der Waals surface area contributed by atoms with Crippen molar-refractivity contribution in [3.8, 4) is 0 Å². The van der Waals surface area contributed by atoms with Crippen LogP contribution < -0.4 is 11.6 Å². The van der Waals surface area contributed by atoms with Crippen LogP contribution in [0.15, 0.2) is 23.6 Å². The maximum absolute atomic E-state index is 5.86. The van der Waals surface area contributed by atoms with Crippen molar-refractivity contribution in [2.45, 2.75) is 5.75 Å². The zero-order valence-corrected chi connectivity index (χ0v) is 8.35. The lowest BCUT2D eigenvalue weighted by atomic mass is 10.3. The van der Waals surface area contributed by atoms with Gasteiger partial charge in [-0.15, -0.1) is 0 Å². The molecule has 1 aromatic heterocycles. The van der Waals surface area contributed by atoms with E-state index in [0.29, 0.717) is 15.9 Å². The Hall–Kier alpha value is -0.940. The number of hydrogen-bond acceptors (Lipinski definition) is 4. The van der Waals surface area contributed by atoms with E-state index in [4.69, 9.17) is 23.2 Å². The third kappa shape index (κ3) is 3.12. The van der Waals surface area contributed by atoms with Crippen LogP contribution in [0.4, 0.5) is 0 Å². The first-order valence-corrected chi connectivity index (χ1v) is 4.85. The van der Waals surface area contributed by atoms with E-state index in [1.165, 1.54) is 11.8 Å². The van der Waals surface area contributed by atoms with Crippen LogP contribution in [0.5, 0.6) is 0 Å². The molecule has 4 N–H and O–H groups in total. The molecule has 1 rings (SSSR count). The minimum Gasteiger partial charge on any atom is -0.377 e. The molecular weight excluding hydrogens is 208 g/mol. The maximum Gasteiger partial charge on any atom is 0.177 e. The number of halogens is 1. The molecule has 0 bridgehead atoms. The standard InChI is InChI=1S/C7H9ClN4S/c8-6-3-11-2-1-5(6)4-13-7(9)12-10/h1-3H,4,10H2,(H2,9,12). The first-order valence-electron chi connectivity index (χ1n) is 3.48. The topological polar surface area (TPSA) is 77.3 Å². The number of pyridine rings is 1. The molecule has 6 heteroatoms. The number of rotatable bonds is 2. The van der Waals surface area contributed by atoms with Crippen molar-refractivity contribution in [3.05, 3.63) is 29.0 Å². The highest BCUT2D eigenvalue weighted by Gasteiger charge is 2.00. The van der Waals surface area contributed by atoms with Gasteiger partial charge in [-0.25, -0.2) is 0 Å². The fourth-order valence-corrected chi connectivity index (χ4v) is 1.61. The van der Waals surface area contributed by atoms with E-state index < -0.39 is 0 Å². The van der Waals surface area contributed by atoms with Crippen LogP contribution in [0.2, 0.25) is 5.02 Å². The lowest BCUT2D eigenvalue weighted by Gasteiger charge is -2.01. The first kappa shape index (κ1) is 10.1. The number of hydrazone groups is 1. The zero-order valence-electron chi connectivity index (χ0n) is 6.77. The van der Waals surface area contributed by atoms with Crippen LogP contribution in [0, 0.1) is 0 Å². The molecule has 0 aliphatic heterocycles. The molecule has 1 heterocycles. The summed E-state index contributed by atoms with van der Waals surface area (Å²) in [6.45, 7) is 0. The summed E-state index contributed by atoms with van der Waals surface area (Å²) in [5, 5.41) is 4.30. The van der Waals surface area contributed by atoms with Crippen LogP contribution in [0.3, 0.4) is 0 Å². The Labute approximate surface area is 85.4 Å². The maximum atomic E-state index is 5.86. The summed E-state index contributed by atoms with van der Waals surface area (Å²) in [4.78, 5) is 3.86. The minimum atomic E-state index is 0.341. The second-order valence-corrected chi connectivity index (χ2v) is 3.63. The summed E-state index contributed by atoms with van der Waals surface area (Å²) in [5.41, 5.74) is 6.37. The van der Waals surface area contributed by atoms with E-state index in [-0.39, 0.29) is 0 Å². The Morgan fingerprint density at radius 2 is 2.46 bits per heavy atom. The van der Waals surface area contributed by atoms with Gasteiger partial charge in [0, 0.05) is 18.1 Å². The molecule has 0 unspecified atom stereocenters. The molecule has 0 aromatic carbocycles. The number of thioether (sulfide) groups is 1. The Kier molecular flexibility index (Phi) is 3.85. The van der Waals surface area contributed by atoms with Gasteiger partial charge in [-0.3, -0.25) is 4.98 Å². The van der Waals surface area contributed by atoms with Gasteiger partial charge >= 0.3 is 0 Å². The molecule has 0 saturated carbocycles. The first-order chi connectivity index (χ1) is 6.24. The van der Waals surface area contributed by atoms with Gasteiger partial charge in [0.25, 0.3) is 0 Å². The molecule has 0 aliphatic carbocycles. The predicted octanol–water partition coefficient (Wildman–Crippen LogP) is 1.16. The Balaban J connectivity index is 2.60. The summed E-state index contributed by atoms with van der Waals surface area (Å²) < 4.78 is 0. The van der Waals surface area contributed by atoms with Crippen LogP contribution in [0.25, 0.3) is 0 Å². The summed E-state index contributed by atoms with van der Waals surface area (Å²) in [6.07, 6.45) is 3.27. The third-order valence-electron chi connectivity index (χ3n) is 1.36. The van der Waals surface area contributed by atoms with Gasteiger partial charge in [-0.1, -0.05) is 23.4 Å². The number of nitrogens with two attached hydrogens (primary N) is 2. The molecule has 0 radical (unpaired) electrons. The summed E-state index contributed by atoms with van der Waals surface area (Å²) in [6, 6.07) is 1.83. The minimum absolute atomic E-state index is 0.341. The Morgan fingerprint density at radius 1 is 1.69 bits per heavy atom. The molecule has 0 amide bonds. The second kappa shape index (κ2) is 4.94. The molecule has 70 valence electrons. The van der Waals surface area contributed by atoms with Gasteiger partial charge in [0.1, 0.15) is 0 Å². The van der Waals surface area contributed by atoms with Gasteiger partial charge in [-0.2, -0.15) is 5.10 Å². The van der Waals surface area contributed by atoms with E-state index in [1.807, 2.05) is 6.07 Å². The fraction of sp³-hybridized carbons (Fsp3) is 0.143. The van der Waals surface area contributed by atoms with Crippen molar-refractivity contribution in [3.63, 3.8) is 0 Å². The highest BCUT2D eigenvalue weighted by Crippen LogP contribution is 2.19. The largest absolute Gasteiger partial charge is 0.377 e. The third-order valence-corrected chi connectivity index (χ3v) is 2.56. The summed E-state index contributed by atoms with van der Waals surface area (Å²) >= 11 is 7.20. The lowest BCUT2D eigenvalue weighted by Crippen LogP contribution is -2.09. The fourth-order valence-electron chi connectivity index (χ4n) is 0.710. The molecule has 0 fully saturated rings. The Morgan fingerprint density at radius 3 is 3.08 bits per heavy atom. The monoisotopic (exact) mass is 216 g/mol. The van der Waals surface area contributed by atoms with Crippen LogP contribution in [0.1, 0.15) is 5.56 Å². The molecule has 0 saturated heterocycles. The van der Waals surface area contributed by atoms with E-state index >= 15 is 0 Å². The highest BCUT2D eigenvalue weighted by molar-refractivity contribution is 8.13. The van der Waals surface area contributed by atoms with Crippen molar-refractivity contribution < 1.29 is 0 Å². The Bertz CT molecular complexity index is 315. The number of nitrogens with zero attached hydrogens (tertiary/aromatic N) is 2. The summed E-state index contributed by atoms with van der Waals surface area (Å²) in [5.74, 6) is 5.62. The van der Waals surface area contributed by atoms with Gasteiger partial charge in [-0.05, 0) is 11.6 Å². The number of hydrogen-bond donors (Lipinski definition) is 2. The highest BCUT2D eigenvalue weighted by atomic mass is 35.5. The van der Waals surface area contributed by atoms with Crippen molar-refractivity contribution in [2.24, 2.45) is 16.7 Å². The van der Waals surface area contributed by atoms with Crippen LogP contribution in [-0.2, 0) is 5.75 Å². The summed E-state index contributed by atoms with van der Waals surface area (Å²) in [7, 11) is 0. The van der Waals surface area contributed by atoms with Crippen LogP contribution >= 0.6 is 23.4 Å². The normalized spacial score (nSPS) is 11.6. The van der Waals surface area contributed by atoms with Crippen molar-refractivity contribution in [2.75, 3.05) is 0 Å². The number of amidine groups is 1. The van der Waals surface area contributed by atoms with Crippen molar-refractivity contribution in [1.82, 2.24) is 4.98 Å². The van der Waals surface area contributed by atoms with Crippen molar-refractivity contribution >= 4 is 28.5 Å². The van der Waals surface area contributed by atoms with Gasteiger partial charge < -0.3 is 11.6 Å². The molecule has 13 heavy (non-hydrogen) atoms. The average Bonchev–Trinajstić information content (AvgIpc) is 2.16. The average molecular weight is 217 g/mol. The SMILES string of the molecule is NN=C(N)SCc1ccncc1Cl. The molecule has 0 spiro atoms. The predicted molar refractivity (Wildman–Crippen MR) is 56.4 cm³/mol. The lowest BCUT2D eigenvalue weighted by molar-refractivity contribution is 1.25. The van der Waals surface area contributed by atoms with E-state index in [1.54, 1.807) is 12.4 Å². The molecular formula is C7H9ClN4S. The van der Waals surface area contributed by atoms with Gasteiger partial charge in [0.05, 0.1) is 5.02 Å². The van der Waals surface area contributed by atoms with E-state index in [9.17, 15) is 0 Å². The second-order valence-electron chi connectivity index (χ2n) is 2.22.